The number of piperidine rings is 1. The van der Waals surface area contributed by atoms with Crippen LogP contribution in [0.4, 0.5) is 11.4 Å². The lowest BCUT2D eigenvalue weighted by molar-refractivity contribution is 0.0601. The highest BCUT2D eigenvalue weighted by Gasteiger charge is 2.35. The minimum Gasteiger partial charge on any atom is -0.465 e. The largest absolute Gasteiger partial charge is 0.465 e. The quantitative estimate of drug-likeness (QED) is 0.670. The van der Waals surface area contributed by atoms with Crippen LogP contribution in [0.15, 0.2) is 18.2 Å². The molecule has 0 radical (unpaired) electrons. The molecule has 4 heteroatoms. The molecule has 2 atom stereocenters. The smallest absolute Gasteiger partial charge is 0.340 e. The molecule has 2 fully saturated rings. The molecule has 1 aliphatic carbocycles. The monoisotopic (exact) mass is 288 g/mol. The zero-order valence-corrected chi connectivity index (χ0v) is 12.7. The van der Waals surface area contributed by atoms with E-state index >= 15 is 0 Å². The second-order valence-corrected chi connectivity index (χ2v) is 6.18. The van der Waals surface area contributed by atoms with Crippen LogP contribution in [0.5, 0.6) is 0 Å². The van der Waals surface area contributed by atoms with E-state index in [9.17, 15) is 4.79 Å². The molecular weight excluding hydrogens is 264 g/mol. The second-order valence-electron chi connectivity index (χ2n) is 6.18. The Balaban J connectivity index is 2.00. The summed E-state index contributed by atoms with van der Waals surface area (Å²) in [7, 11) is 1.43. The summed E-state index contributed by atoms with van der Waals surface area (Å²) >= 11 is 0. The molecular formula is C17H24N2O2. The zero-order chi connectivity index (χ0) is 14.8. The molecule has 1 aromatic rings. The van der Waals surface area contributed by atoms with Crippen molar-refractivity contribution in [1.29, 1.82) is 0 Å². The van der Waals surface area contributed by atoms with Gasteiger partial charge in [-0.25, -0.2) is 4.79 Å². The number of para-hydroxylation sites is 1. The van der Waals surface area contributed by atoms with Crippen molar-refractivity contribution < 1.29 is 9.53 Å². The van der Waals surface area contributed by atoms with E-state index in [4.69, 9.17) is 10.5 Å². The fraction of sp³-hybridized carbons (Fsp3) is 0.588. The van der Waals surface area contributed by atoms with E-state index in [1.165, 1.54) is 45.6 Å². The maximum Gasteiger partial charge on any atom is 0.340 e. The Morgan fingerprint density at radius 1 is 1.24 bits per heavy atom. The maximum atomic E-state index is 12.1. The van der Waals surface area contributed by atoms with E-state index in [1.54, 1.807) is 0 Å². The van der Waals surface area contributed by atoms with Crippen molar-refractivity contribution in [3.05, 3.63) is 23.8 Å². The van der Waals surface area contributed by atoms with Gasteiger partial charge in [0.1, 0.15) is 0 Å². The summed E-state index contributed by atoms with van der Waals surface area (Å²) in [6, 6.07) is 6.06. The summed E-state index contributed by atoms with van der Waals surface area (Å²) in [6.07, 6.45) is 7.61. The number of nitrogen functional groups attached to an aromatic ring is 1. The average molecular weight is 288 g/mol. The van der Waals surface area contributed by atoms with Crippen LogP contribution in [0.25, 0.3) is 0 Å². The van der Waals surface area contributed by atoms with Crippen LogP contribution in [-0.4, -0.2) is 25.7 Å². The van der Waals surface area contributed by atoms with Gasteiger partial charge in [0.25, 0.3) is 0 Å². The van der Waals surface area contributed by atoms with Crippen LogP contribution >= 0.6 is 0 Å². The number of nitrogens with zero attached hydrogens (tertiary/aromatic N) is 1. The molecule has 21 heavy (non-hydrogen) atoms. The summed E-state index contributed by atoms with van der Waals surface area (Å²) in [6.45, 7) is 0.985. The second kappa shape index (κ2) is 5.96. The van der Waals surface area contributed by atoms with E-state index in [0.717, 1.165) is 18.2 Å². The Hall–Kier alpha value is -1.71. The van der Waals surface area contributed by atoms with Gasteiger partial charge in [0.2, 0.25) is 0 Å². The molecule has 1 aromatic carbocycles. The number of hydrogen-bond acceptors (Lipinski definition) is 4. The number of nitrogens with two attached hydrogens (primary N) is 1. The number of anilines is 2. The van der Waals surface area contributed by atoms with Gasteiger partial charge in [0.05, 0.1) is 24.0 Å². The van der Waals surface area contributed by atoms with Gasteiger partial charge in [-0.15, -0.1) is 0 Å². The summed E-state index contributed by atoms with van der Waals surface area (Å²) in [4.78, 5) is 14.5. The average Bonchev–Trinajstić information content (AvgIpc) is 2.53. The van der Waals surface area contributed by atoms with Crippen LogP contribution in [0.2, 0.25) is 0 Å². The molecule has 0 spiro atoms. The molecule has 2 aliphatic rings. The topological polar surface area (TPSA) is 55.6 Å². The fourth-order valence-corrected chi connectivity index (χ4v) is 4.06. The van der Waals surface area contributed by atoms with Gasteiger partial charge in [0.15, 0.2) is 0 Å². The third-order valence-corrected chi connectivity index (χ3v) is 5.00. The lowest BCUT2D eigenvalue weighted by Gasteiger charge is -2.46. The number of fused-ring (bicyclic) bond motifs is 1. The lowest BCUT2D eigenvalue weighted by atomic mass is 9.78. The van der Waals surface area contributed by atoms with Gasteiger partial charge in [-0.2, -0.15) is 0 Å². The number of hydrogen-bond donors (Lipinski definition) is 1. The molecule has 1 heterocycles. The first kappa shape index (κ1) is 14.2. The highest BCUT2D eigenvalue weighted by atomic mass is 16.5. The number of carbonyl (C=O) groups excluding carboxylic acids is 1. The molecule has 2 unspecified atom stereocenters. The molecule has 4 nitrogen and oxygen atoms in total. The Kier molecular flexibility index (Phi) is 4.04. The van der Waals surface area contributed by atoms with Crippen LogP contribution in [0, 0.1) is 5.92 Å². The van der Waals surface area contributed by atoms with E-state index in [-0.39, 0.29) is 5.97 Å². The first-order valence-electron chi connectivity index (χ1n) is 7.96. The van der Waals surface area contributed by atoms with E-state index in [0.29, 0.717) is 17.3 Å². The van der Waals surface area contributed by atoms with E-state index in [1.807, 2.05) is 18.2 Å². The summed E-state index contributed by atoms with van der Waals surface area (Å²) in [5, 5.41) is 0. The van der Waals surface area contributed by atoms with Gasteiger partial charge >= 0.3 is 5.97 Å². The predicted octanol–water partition coefficient (Wildman–Crippen LogP) is 3.21. The third-order valence-electron chi connectivity index (χ3n) is 5.00. The molecule has 0 aromatic heterocycles. The Morgan fingerprint density at radius 3 is 2.81 bits per heavy atom. The summed E-state index contributed by atoms with van der Waals surface area (Å²) in [5.74, 6) is 0.452. The van der Waals surface area contributed by atoms with Crippen molar-refractivity contribution in [3.8, 4) is 0 Å². The molecule has 1 saturated carbocycles. The zero-order valence-electron chi connectivity index (χ0n) is 12.7. The molecule has 3 rings (SSSR count). The Labute approximate surface area is 126 Å². The standard InChI is InChI=1S/C17H24N2O2/c1-21-17(20)13-8-4-9-14(18)16(13)19-11-5-7-12-6-2-3-10-15(12)19/h4,8-9,12,15H,2-3,5-7,10-11,18H2,1H3. The number of benzene rings is 1. The minimum atomic E-state index is -0.296. The van der Waals surface area contributed by atoms with Crippen molar-refractivity contribution in [2.45, 2.75) is 44.6 Å². The van der Waals surface area contributed by atoms with E-state index in [2.05, 4.69) is 4.90 Å². The number of carbonyl (C=O) groups is 1. The summed E-state index contributed by atoms with van der Waals surface area (Å²) in [5.41, 5.74) is 8.39. The van der Waals surface area contributed by atoms with Gasteiger partial charge in [-0.3, -0.25) is 0 Å². The first-order valence-corrected chi connectivity index (χ1v) is 7.96. The van der Waals surface area contributed by atoms with Crippen LogP contribution in [-0.2, 0) is 4.74 Å². The fourth-order valence-electron chi connectivity index (χ4n) is 4.06. The van der Waals surface area contributed by atoms with Gasteiger partial charge in [0, 0.05) is 12.6 Å². The molecule has 1 saturated heterocycles. The van der Waals surface area contributed by atoms with Crippen LogP contribution in [0.3, 0.4) is 0 Å². The number of rotatable bonds is 2. The SMILES string of the molecule is COC(=O)c1cccc(N)c1N1CCCC2CCCCC21. The third kappa shape index (κ3) is 2.59. The van der Waals surface area contributed by atoms with Crippen molar-refractivity contribution in [2.24, 2.45) is 5.92 Å². The normalized spacial score (nSPS) is 25.3. The molecule has 114 valence electrons. The minimum absolute atomic E-state index is 0.296. The lowest BCUT2D eigenvalue weighted by Crippen LogP contribution is -2.47. The van der Waals surface area contributed by atoms with Crippen LogP contribution in [0.1, 0.15) is 48.9 Å². The van der Waals surface area contributed by atoms with Gasteiger partial charge < -0.3 is 15.4 Å². The number of esters is 1. The molecule has 0 amide bonds. The highest BCUT2D eigenvalue weighted by Crippen LogP contribution is 2.41. The van der Waals surface area contributed by atoms with E-state index < -0.39 is 0 Å². The Bertz CT molecular complexity index is 528. The Morgan fingerprint density at radius 2 is 2.00 bits per heavy atom. The van der Waals surface area contributed by atoms with Gasteiger partial charge in [-0.05, 0) is 43.7 Å². The highest BCUT2D eigenvalue weighted by molar-refractivity contribution is 5.99. The number of ether oxygens (including phenoxy) is 1. The van der Waals surface area contributed by atoms with Crippen molar-refractivity contribution in [1.82, 2.24) is 0 Å². The van der Waals surface area contributed by atoms with Crippen molar-refractivity contribution in [2.75, 3.05) is 24.3 Å². The van der Waals surface area contributed by atoms with Gasteiger partial charge in [-0.1, -0.05) is 18.9 Å². The predicted molar refractivity (Wildman–Crippen MR) is 84.5 cm³/mol. The van der Waals surface area contributed by atoms with Crippen LogP contribution < -0.4 is 10.6 Å². The molecule has 0 bridgehead atoms. The maximum absolute atomic E-state index is 12.1. The molecule has 2 N–H and O–H groups in total. The first-order chi connectivity index (χ1) is 10.2. The van der Waals surface area contributed by atoms with Crippen molar-refractivity contribution in [3.63, 3.8) is 0 Å². The van der Waals surface area contributed by atoms with Crippen molar-refractivity contribution >= 4 is 17.3 Å². The summed E-state index contributed by atoms with van der Waals surface area (Å²) < 4.78 is 4.94. The molecule has 1 aliphatic heterocycles. The number of methoxy groups -OCH3 is 1.